The number of benzene rings is 1. The van der Waals surface area contributed by atoms with Gasteiger partial charge in [0, 0.05) is 18.2 Å². The van der Waals surface area contributed by atoms with Gasteiger partial charge in [-0.3, -0.25) is 4.79 Å². The highest BCUT2D eigenvalue weighted by molar-refractivity contribution is 6.09. The number of hydrogen-bond donors (Lipinski definition) is 2. The molecule has 1 aromatic heterocycles. The fraction of sp³-hybridized carbons (Fsp3) is 0.333. The molecule has 5 heteroatoms. The van der Waals surface area contributed by atoms with Crippen molar-refractivity contribution in [3.63, 3.8) is 0 Å². The highest BCUT2D eigenvalue weighted by Gasteiger charge is 2.19. The number of aromatic nitrogens is 1. The second-order valence-corrected chi connectivity index (χ2v) is 4.99. The van der Waals surface area contributed by atoms with E-state index in [4.69, 9.17) is 10.5 Å². The van der Waals surface area contributed by atoms with Crippen LogP contribution in [0.1, 0.15) is 23.2 Å². The molecule has 1 atom stereocenters. The predicted molar refractivity (Wildman–Crippen MR) is 77.5 cm³/mol. The van der Waals surface area contributed by atoms with Gasteiger partial charge in [0.15, 0.2) is 0 Å². The summed E-state index contributed by atoms with van der Waals surface area (Å²) in [6.07, 6.45) is 3.47. The summed E-state index contributed by atoms with van der Waals surface area (Å²) in [6.45, 7) is 1.35. The van der Waals surface area contributed by atoms with Crippen LogP contribution in [0.3, 0.4) is 0 Å². The van der Waals surface area contributed by atoms with Gasteiger partial charge in [0.05, 0.1) is 18.2 Å². The molecule has 20 heavy (non-hydrogen) atoms. The number of carbonyl (C=O) groups excluding carboxylic acids is 1. The lowest BCUT2D eigenvalue weighted by Crippen LogP contribution is -2.40. The zero-order valence-corrected chi connectivity index (χ0v) is 11.1. The Labute approximate surface area is 117 Å². The number of anilines is 1. The van der Waals surface area contributed by atoms with Gasteiger partial charge in [-0.2, -0.15) is 0 Å². The molecule has 1 fully saturated rings. The minimum Gasteiger partial charge on any atom is -0.383 e. The van der Waals surface area contributed by atoms with E-state index in [-0.39, 0.29) is 11.9 Å². The molecular weight excluding hydrogens is 254 g/mol. The molecule has 0 bridgehead atoms. The Morgan fingerprint density at radius 2 is 2.15 bits per heavy atom. The molecule has 0 spiro atoms. The van der Waals surface area contributed by atoms with E-state index in [0.29, 0.717) is 18.0 Å². The van der Waals surface area contributed by atoms with E-state index in [0.717, 1.165) is 30.2 Å². The second kappa shape index (κ2) is 5.46. The van der Waals surface area contributed by atoms with E-state index in [9.17, 15) is 4.79 Å². The average molecular weight is 271 g/mol. The molecular formula is C15H17N3O2. The van der Waals surface area contributed by atoms with Gasteiger partial charge >= 0.3 is 0 Å². The van der Waals surface area contributed by atoms with Crippen molar-refractivity contribution in [2.24, 2.45) is 0 Å². The molecule has 1 amide bonds. The van der Waals surface area contributed by atoms with Crippen molar-refractivity contribution in [3.05, 3.63) is 36.0 Å². The Balaban J connectivity index is 1.89. The van der Waals surface area contributed by atoms with Crippen LogP contribution in [0.25, 0.3) is 10.8 Å². The Morgan fingerprint density at radius 3 is 2.90 bits per heavy atom. The molecule has 2 heterocycles. The molecule has 5 nitrogen and oxygen atoms in total. The largest absolute Gasteiger partial charge is 0.383 e. The summed E-state index contributed by atoms with van der Waals surface area (Å²) in [5.74, 6) is 0.322. The van der Waals surface area contributed by atoms with Gasteiger partial charge in [0.25, 0.3) is 5.91 Å². The van der Waals surface area contributed by atoms with Crippen molar-refractivity contribution in [3.8, 4) is 0 Å². The number of nitrogens with two attached hydrogens (primary N) is 1. The molecule has 1 aliphatic rings. The van der Waals surface area contributed by atoms with E-state index >= 15 is 0 Å². The van der Waals surface area contributed by atoms with Crippen LogP contribution in [-0.4, -0.2) is 30.1 Å². The summed E-state index contributed by atoms with van der Waals surface area (Å²) < 4.78 is 5.38. The van der Waals surface area contributed by atoms with Crippen LogP contribution in [0.2, 0.25) is 0 Å². The number of carbonyl (C=O) groups is 1. The Morgan fingerprint density at radius 1 is 1.35 bits per heavy atom. The minimum absolute atomic E-state index is 0.0764. The fourth-order valence-electron chi connectivity index (χ4n) is 2.51. The van der Waals surface area contributed by atoms with E-state index in [2.05, 4.69) is 10.3 Å². The van der Waals surface area contributed by atoms with Crippen LogP contribution in [-0.2, 0) is 4.74 Å². The lowest BCUT2D eigenvalue weighted by molar-refractivity contribution is 0.0624. The lowest BCUT2D eigenvalue weighted by Gasteiger charge is -2.23. The minimum atomic E-state index is -0.121. The van der Waals surface area contributed by atoms with Gasteiger partial charge < -0.3 is 15.8 Å². The molecule has 1 saturated heterocycles. The zero-order valence-electron chi connectivity index (χ0n) is 11.1. The molecule has 0 aliphatic carbocycles. The van der Waals surface area contributed by atoms with Gasteiger partial charge in [-0.25, -0.2) is 4.98 Å². The summed E-state index contributed by atoms with van der Waals surface area (Å²) in [6, 6.07) is 7.62. The van der Waals surface area contributed by atoms with Crippen LogP contribution < -0.4 is 11.1 Å². The van der Waals surface area contributed by atoms with Crippen molar-refractivity contribution in [1.29, 1.82) is 0 Å². The highest BCUT2D eigenvalue weighted by Crippen LogP contribution is 2.22. The van der Waals surface area contributed by atoms with E-state index < -0.39 is 0 Å². The predicted octanol–water partition coefficient (Wildman–Crippen LogP) is 1.73. The van der Waals surface area contributed by atoms with Gasteiger partial charge in [0.2, 0.25) is 0 Å². The smallest absolute Gasteiger partial charge is 0.253 e. The van der Waals surface area contributed by atoms with Crippen molar-refractivity contribution in [1.82, 2.24) is 10.3 Å². The van der Waals surface area contributed by atoms with Gasteiger partial charge in [-0.1, -0.05) is 24.3 Å². The molecule has 104 valence electrons. The van der Waals surface area contributed by atoms with Crippen LogP contribution in [0.15, 0.2) is 30.5 Å². The average Bonchev–Trinajstić information content (AvgIpc) is 2.49. The third-order valence-corrected chi connectivity index (χ3v) is 3.57. The first kappa shape index (κ1) is 12.9. The zero-order chi connectivity index (χ0) is 13.9. The topological polar surface area (TPSA) is 77.2 Å². The molecule has 2 aromatic rings. The summed E-state index contributed by atoms with van der Waals surface area (Å²) in [5, 5.41) is 4.64. The van der Waals surface area contributed by atoms with Crippen molar-refractivity contribution in [2.45, 2.75) is 18.9 Å². The normalized spacial score (nSPS) is 18.9. The third kappa shape index (κ3) is 2.44. The maximum absolute atomic E-state index is 12.4. The first-order valence-electron chi connectivity index (χ1n) is 6.77. The summed E-state index contributed by atoms with van der Waals surface area (Å²) in [5.41, 5.74) is 6.40. The Bertz CT molecular complexity index is 636. The number of fused-ring (bicyclic) bond motifs is 1. The number of rotatable bonds is 2. The Hall–Kier alpha value is -2.14. The molecule has 1 aromatic carbocycles. The number of ether oxygens (including phenoxy) is 1. The first-order chi connectivity index (χ1) is 9.75. The summed E-state index contributed by atoms with van der Waals surface area (Å²) >= 11 is 0. The lowest BCUT2D eigenvalue weighted by atomic mass is 10.1. The van der Waals surface area contributed by atoms with E-state index in [1.807, 2.05) is 24.3 Å². The first-order valence-corrected chi connectivity index (χ1v) is 6.77. The molecule has 3 N–H and O–H groups in total. The quantitative estimate of drug-likeness (QED) is 0.872. The van der Waals surface area contributed by atoms with E-state index in [1.165, 1.54) is 6.20 Å². The molecule has 1 unspecified atom stereocenters. The van der Waals surface area contributed by atoms with Crippen molar-refractivity contribution in [2.75, 3.05) is 18.9 Å². The molecule has 0 saturated carbocycles. The number of nitrogens with zero attached hydrogens (tertiary/aromatic N) is 1. The van der Waals surface area contributed by atoms with Gasteiger partial charge in [-0.05, 0) is 18.2 Å². The number of nitrogens with one attached hydrogen (secondary N) is 1. The van der Waals surface area contributed by atoms with Crippen LogP contribution in [0.4, 0.5) is 5.82 Å². The summed E-state index contributed by atoms with van der Waals surface area (Å²) in [7, 11) is 0. The number of amides is 1. The number of hydrogen-bond acceptors (Lipinski definition) is 4. The number of nitrogen functional groups attached to an aromatic ring is 1. The van der Waals surface area contributed by atoms with E-state index in [1.54, 1.807) is 0 Å². The fourth-order valence-corrected chi connectivity index (χ4v) is 2.51. The Kier molecular flexibility index (Phi) is 3.52. The SMILES string of the molecule is Nc1ncc(C(=O)NC2CCCOC2)c2ccccc12. The second-order valence-electron chi connectivity index (χ2n) is 4.99. The van der Waals surface area contributed by atoms with Crippen LogP contribution in [0.5, 0.6) is 0 Å². The van der Waals surface area contributed by atoms with Gasteiger partial charge in [-0.15, -0.1) is 0 Å². The van der Waals surface area contributed by atoms with Crippen molar-refractivity contribution >= 4 is 22.5 Å². The summed E-state index contributed by atoms with van der Waals surface area (Å²) in [4.78, 5) is 16.5. The van der Waals surface area contributed by atoms with Crippen LogP contribution >= 0.6 is 0 Å². The van der Waals surface area contributed by atoms with Crippen molar-refractivity contribution < 1.29 is 9.53 Å². The molecule has 3 rings (SSSR count). The maximum atomic E-state index is 12.4. The standard InChI is InChI=1S/C15H17N3O2/c16-14-12-6-2-1-5-11(12)13(8-17-14)15(19)18-10-4-3-7-20-9-10/h1-2,5-6,8,10H,3-4,7,9H2,(H2,16,17)(H,18,19). The third-order valence-electron chi connectivity index (χ3n) is 3.57. The van der Waals surface area contributed by atoms with Gasteiger partial charge in [0.1, 0.15) is 5.82 Å². The molecule has 1 aliphatic heterocycles. The highest BCUT2D eigenvalue weighted by atomic mass is 16.5. The number of pyridine rings is 1. The monoisotopic (exact) mass is 271 g/mol. The maximum Gasteiger partial charge on any atom is 0.253 e. The van der Waals surface area contributed by atoms with Crippen LogP contribution in [0, 0.1) is 0 Å². The molecule has 0 radical (unpaired) electrons.